The summed E-state index contributed by atoms with van der Waals surface area (Å²) in [6.45, 7) is 1.52. The minimum atomic E-state index is -0.940. The maximum Gasteiger partial charge on any atom is 0.223 e. The van der Waals surface area contributed by atoms with Gasteiger partial charge in [0.2, 0.25) is 5.43 Å². The molecule has 0 aliphatic rings. The molecule has 0 spiro atoms. The average molecular weight is 356 g/mol. The molecule has 134 valence electrons. The lowest BCUT2D eigenvalue weighted by Crippen LogP contribution is -2.13. The van der Waals surface area contributed by atoms with E-state index in [-0.39, 0.29) is 0 Å². The summed E-state index contributed by atoms with van der Waals surface area (Å²) in [4.78, 5) is 15.6. The minimum absolute atomic E-state index is 0.307. The SMILES string of the molecule is COc1ccc(-n2cc(O)c(=O)cc2C(C)O)cc1-c1cncc(F)c1. The van der Waals surface area contributed by atoms with Crippen molar-refractivity contribution in [2.24, 2.45) is 0 Å². The van der Waals surface area contributed by atoms with Gasteiger partial charge in [-0.2, -0.15) is 0 Å². The molecular weight excluding hydrogens is 339 g/mol. The van der Waals surface area contributed by atoms with Gasteiger partial charge in [-0.05, 0) is 31.2 Å². The van der Waals surface area contributed by atoms with E-state index in [4.69, 9.17) is 4.74 Å². The predicted octanol–water partition coefficient (Wildman–Crippen LogP) is 2.81. The molecule has 1 atom stereocenters. The zero-order valence-electron chi connectivity index (χ0n) is 14.2. The van der Waals surface area contributed by atoms with E-state index < -0.39 is 23.1 Å². The fourth-order valence-electron chi connectivity index (χ4n) is 2.71. The Morgan fingerprint density at radius 2 is 2.00 bits per heavy atom. The van der Waals surface area contributed by atoms with Crippen LogP contribution in [0.1, 0.15) is 18.7 Å². The molecule has 2 heterocycles. The van der Waals surface area contributed by atoms with Crippen LogP contribution in [0, 0.1) is 5.82 Å². The number of benzene rings is 1. The molecule has 0 bridgehead atoms. The van der Waals surface area contributed by atoms with Crippen LogP contribution < -0.4 is 10.2 Å². The number of aromatic nitrogens is 2. The molecule has 2 aromatic heterocycles. The van der Waals surface area contributed by atoms with Crippen molar-refractivity contribution in [3.8, 4) is 28.3 Å². The summed E-state index contributed by atoms with van der Waals surface area (Å²) in [7, 11) is 1.50. The molecule has 0 saturated carbocycles. The number of aliphatic hydroxyl groups is 1. The van der Waals surface area contributed by atoms with Crippen LogP contribution in [-0.4, -0.2) is 26.9 Å². The van der Waals surface area contributed by atoms with Crippen LogP contribution in [-0.2, 0) is 0 Å². The van der Waals surface area contributed by atoms with Gasteiger partial charge in [0.05, 0.1) is 31.3 Å². The number of ether oxygens (including phenoxy) is 1. The van der Waals surface area contributed by atoms with Crippen LogP contribution in [0.25, 0.3) is 16.8 Å². The fourth-order valence-corrected chi connectivity index (χ4v) is 2.71. The van der Waals surface area contributed by atoms with E-state index in [2.05, 4.69) is 4.98 Å². The maximum absolute atomic E-state index is 13.6. The number of hydrogen-bond acceptors (Lipinski definition) is 5. The van der Waals surface area contributed by atoms with Gasteiger partial charge < -0.3 is 19.5 Å². The van der Waals surface area contributed by atoms with Gasteiger partial charge in [-0.3, -0.25) is 9.78 Å². The largest absolute Gasteiger partial charge is 0.503 e. The highest BCUT2D eigenvalue weighted by atomic mass is 19.1. The number of pyridine rings is 2. The molecule has 1 aromatic carbocycles. The van der Waals surface area contributed by atoms with Gasteiger partial charge in [-0.15, -0.1) is 0 Å². The second kappa shape index (κ2) is 6.97. The van der Waals surface area contributed by atoms with Crippen LogP contribution in [0.3, 0.4) is 0 Å². The Balaban J connectivity index is 2.24. The minimum Gasteiger partial charge on any atom is -0.503 e. The first kappa shape index (κ1) is 17.6. The Bertz CT molecular complexity index is 1010. The topological polar surface area (TPSA) is 84.6 Å². The summed E-state index contributed by atoms with van der Waals surface area (Å²) in [6, 6.07) is 7.58. The Hall–Kier alpha value is -3.19. The van der Waals surface area contributed by atoms with Crippen molar-refractivity contribution < 1.29 is 19.3 Å². The second-order valence-electron chi connectivity index (χ2n) is 5.77. The van der Waals surface area contributed by atoms with E-state index in [1.54, 1.807) is 18.2 Å². The van der Waals surface area contributed by atoms with Crippen molar-refractivity contribution >= 4 is 0 Å². The lowest BCUT2D eigenvalue weighted by molar-refractivity contribution is 0.191. The number of aliphatic hydroxyl groups excluding tert-OH is 1. The molecule has 0 amide bonds. The van der Waals surface area contributed by atoms with Crippen LogP contribution in [0.4, 0.5) is 4.39 Å². The van der Waals surface area contributed by atoms with Crippen LogP contribution >= 0.6 is 0 Å². The molecule has 2 N–H and O–H groups in total. The molecule has 7 heteroatoms. The van der Waals surface area contributed by atoms with E-state index in [0.717, 1.165) is 6.20 Å². The van der Waals surface area contributed by atoms with Gasteiger partial charge in [-0.25, -0.2) is 4.39 Å². The van der Waals surface area contributed by atoms with Gasteiger partial charge in [0.15, 0.2) is 5.75 Å². The van der Waals surface area contributed by atoms with Crippen molar-refractivity contribution in [1.82, 2.24) is 9.55 Å². The summed E-state index contributed by atoms with van der Waals surface area (Å²) in [5.74, 6) is -0.426. The number of nitrogens with zero attached hydrogens (tertiary/aromatic N) is 2. The number of methoxy groups -OCH3 is 1. The third-order valence-corrected chi connectivity index (χ3v) is 3.97. The van der Waals surface area contributed by atoms with E-state index in [1.165, 1.54) is 43.1 Å². The summed E-state index contributed by atoms with van der Waals surface area (Å²) in [6.07, 6.45) is 2.90. The van der Waals surface area contributed by atoms with Crippen molar-refractivity contribution in [1.29, 1.82) is 0 Å². The standard InChI is InChI=1S/C19H17FN2O4/c1-11(23)16-7-17(24)18(25)10-22(16)14-3-4-19(26-2)15(6-14)12-5-13(20)9-21-8-12/h3-11,23,25H,1-2H3. The van der Waals surface area contributed by atoms with Crippen molar-refractivity contribution in [2.45, 2.75) is 13.0 Å². The molecule has 3 aromatic rings. The van der Waals surface area contributed by atoms with Gasteiger partial charge in [0.1, 0.15) is 11.6 Å². The van der Waals surface area contributed by atoms with Crippen LogP contribution in [0.2, 0.25) is 0 Å². The normalized spacial score (nSPS) is 12.0. The molecule has 0 aliphatic heterocycles. The van der Waals surface area contributed by atoms with Gasteiger partial charge in [0, 0.05) is 29.1 Å². The summed E-state index contributed by atoms with van der Waals surface area (Å²) in [5, 5.41) is 19.8. The third kappa shape index (κ3) is 3.29. The van der Waals surface area contributed by atoms with Gasteiger partial charge in [0.25, 0.3) is 0 Å². The van der Waals surface area contributed by atoms with Crippen molar-refractivity contribution in [2.75, 3.05) is 7.11 Å². The lowest BCUT2D eigenvalue weighted by Gasteiger charge is -2.18. The van der Waals surface area contributed by atoms with Crippen LogP contribution in [0.15, 0.2) is 53.7 Å². The van der Waals surface area contributed by atoms with Gasteiger partial charge in [-0.1, -0.05) is 0 Å². The second-order valence-corrected chi connectivity index (χ2v) is 5.77. The molecule has 1 unspecified atom stereocenters. The van der Waals surface area contributed by atoms with E-state index in [1.807, 2.05) is 0 Å². The van der Waals surface area contributed by atoms with Crippen molar-refractivity contribution in [3.63, 3.8) is 0 Å². The molecule has 0 aliphatic carbocycles. The summed E-state index contributed by atoms with van der Waals surface area (Å²) < 4.78 is 20.4. The highest BCUT2D eigenvalue weighted by Crippen LogP contribution is 2.33. The maximum atomic E-state index is 13.6. The first-order chi connectivity index (χ1) is 12.4. The quantitative estimate of drug-likeness (QED) is 0.751. The Morgan fingerprint density at radius 1 is 1.23 bits per heavy atom. The third-order valence-electron chi connectivity index (χ3n) is 3.97. The predicted molar refractivity (Wildman–Crippen MR) is 94.1 cm³/mol. The van der Waals surface area contributed by atoms with Crippen molar-refractivity contribution in [3.05, 3.63) is 70.7 Å². The molecule has 3 rings (SSSR count). The Labute approximate surface area is 148 Å². The molecule has 26 heavy (non-hydrogen) atoms. The Morgan fingerprint density at radius 3 is 2.65 bits per heavy atom. The Kier molecular flexibility index (Phi) is 4.73. The monoisotopic (exact) mass is 356 g/mol. The first-order valence-electron chi connectivity index (χ1n) is 7.83. The number of hydrogen-bond donors (Lipinski definition) is 2. The first-order valence-corrected chi connectivity index (χ1v) is 7.83. The smallest absolute Gasteiger partial charge is 0.223 e. The summed E-state index contributed by atoms with van der Waals surface area (Å²) in [5.41, 5.74) is 1.36. The van der Waals surface area contributed by atoms with E-state index >= 15 is 0 Å². The lowest BCUT2D eigenvalue weighted by atomic mass is 10.0. The highest BCUT2D eigenvalue weighted by molar-refractivity contribution is 5.72. The molecule has 6 nitrogen and oxygen atoms in total. The molecule has 0 fully saturated rings. The van der Waals surface area contributed by atoms with Crippen LogP contribution in [0.5, 0.6) is 11.5 Å². The van der Waals surface area contributed by atoms with E-state index in [9.17, 15) is 19.4 Å². The van der Waals surface area contributed by atoms with E-state index in [0.29, 0.717) is 28.3 Å². The number of rotatable bonds is 4. The zero-order valence-corrected chi connectivity index (χ0v) is 14.2. The fraction of sp³-hybridized carbons (Fsp3) is 0.158. The number of aromatic hydroxyl groups is 1. The highest BCUT2D eigenvalue weighted by Gasteiger charge is 2.15. The molecule has 0 radical (unpaired) electrons. The molecular formula is C19H17FN2O4. The van der Waals surface area contributed by atoms with Gasteiger partial charge >= 0.3 is 0 Å². The zero-order chi connectivity index (χ0) is 18.8. The number of halogens is 1. The average Bonchev–Trinajstić information content (AvgIpc) is 2.63. The molecule has 0 saturated heterocycles. The summed E-state index contributed by atoms with van der Waals surface area (Å²) >= 11 is 0.